The lowest BCUT2D eigenvalue weighted by molar-refractivity contribution is 0.777. The third-order valence-corrected chi connectivity index (χ3v) is 4.65. The zero-order chi connectivity index (χ0) is 12.3. The molecule has 1 aromatic carbocycles. The van der Waals surface area contributed by atoms with Gasteiger partial charge in [-0.05, 0) is 37.3 Å². The second-order valence-electron chi connectivity index (χ2n) is 4.26. The molecule has 0 saturated heterocycles. The van der Waals surface area contributed by atoms with E-state index in [4.69, 9.17) is 0 Å². The first-order valence-electron chi connectivity index (χ1n) is 5.73. The van der Waals surface area contributed by atoms with Crippen LogP contribution in [-0.4, -0.2) is 10.3 Å². The Morgan fingerprint density at radius 3 is 2.65 bits per heavy atom. The van der Waals surface area contributed by atoms with Gasteiger partial charge in [0.25, 0.3) is 0 Å². The van der Waals surface area contributed by atoms with Crippen LogP contribution in [0.2, 0.25) is 0 Å². The van der Waals surface area contributed by atoms with E-state index in [2.05, 4.69) is 59.0 Å². The molecule has 0 aliphatic rings. The Labute approximate surface area is 115 Å². The van der Waals surface area contributed by atoms with Crippen molar-refractivity contribution < 1.29 is 0 Å². The van der Waals surface area contributed by atoms with Crippen LogP contribution in [0.1, 0.15) is 26.9 Å². The molecule has 0 saturated carbocycles. The van der Waals surface area contributed by atoms with E-state index in [1.54, 1.807) is 11.3 Å². The van der Waals surface area contributed by atoms with Gasteiger partial charge in [-0.1, -0.05) is 40.2 Å². The molecule has 0 spiro atoms. The highest BCUT2D eigenvalue weighted by Gasteiger charge is 2.14. The average molecular weight is 310 g/mol. The predicted molar refractivity (Wildman–Crippen MR) is 78.3 cm³/mol. The maximum atomic E-state index is 4.32. The van der Waals surface area contributed by atoms with Crippen molar-refractivity contribution >= 4 is 27.3 Å². The summed E-state index contributed by atoms with van der Waals surface area (Å²) in [5, 5.41) is 2.15. The van der Waals surface area contributed by atoms with Crippen LogP contribution >= 0.6 is 27.3 Å². The fourth-order valence-corrected chi connectivity index (χ4v) is 3.49. The summed E-state index contributed by atoms with van der Waals surface area (Å²) in [6, 6.07) is 8.63. The van der Waals surface area contributed by atoms with Crippen molar-refractivity contribution in [1.82, 2.24) is 4.98 Å². The van der Waals surface area contributed by atoms with Crippen molar-refractivity contribution in [1.29, 1.82) is 0 Å². The topological polar surface area (TPSA) is 12.9 Å². The number of aryl methyl sites for hydroxylation is 2. The Morgan fingerprint density at radius 1 is 1.29 bits per heavy atom. The van der Waals surface area contributed by atoms with Gasteiger partial charge in [0.05, 0.1) is 5.01 Å². The molecule has 2 rings (SSSR count). The van der Waals surface area contributed by atoms with E-state index in [0.717, 1.165) is 16.8 Å². The molecule has 0 fully saturated rings. The molecule has 0 amide bonds. The molecule has 0 radical (unpaired) electrons. The summed E-state index contributed by atoms with van der Waals surface area (Å²) in [5.41, 5.74) is 2.81. The van der Waals surface area contributed by atoms with Crippen molar-refractivity contribution in [3.05, 3.63) is 51.5 Å². The molecule has 2 aromatic rings. The highest BCUT2D eigenvalue weighted by Crippen LogP contribution is 2.27. The first-order chi connectivity index (χ1) is 8.20. The van der Waals surface area contributed by atoms with Gasteiger partial charge in [-0.15, -0.1) is 11.3 Å². The van der Waals surface area contributed by atoms with Crippen LogP contribution in [0.3, 0.4) is 0 Å². The Morgan fingerprint density at radius 2 is 2.06 bits per heavy atom. The SMILES string of the molecule is Cc1ncc(CC(CBr)c2ccccc2C)s1. The first-order valence-corrected chi connectivity index (χ1v) is 7.67. The van der Waals surface area contributed by atoms with E-state index >= 15 is 0 Å². The van der Waals surface area contributed by atoms with Crippen LogP contribution in [0.25, 0.3) is 0 Å². The molecular formula is C14H16BrNS. The van der Waals surface area contributed by atoms with Crippen LogP contribution in [-0.2, 0) is 6.42 Å². The van der Waals surface area contributed by atoms with Crippen molar-refractivity contribution in [2.24, 2.45) is 0 Å². The zero-order valence-corrected chi connectivity index (χ0v) is 12.5. The number of hydrogen-bond acceptors (Lipinski definition) is 2. The van der Waals surface area contributed by atoms with Crippen LogP contribution in [0.5, 0.6) is 0 Å². The van der Waals surface area contributed by atoms with E-state index in [-0.39, 0.29) is 0 Å². The lowest BCUT2D eigenvalue weighted by atomic mass is 9.93. The fourth-order valence-electron chi connectivity index (χ4n) is 2.04. The molecule has 1 atom stereocenters. The minimum atomic E-state index is 0.538. The van der Waals surface area contributed by atoms with Gasteiger partial charge in [0.15, 0.2) is 0 Å². The molecule has 1 heterocycles. The maximum Gasteiger partial charge on any atom is 0.0896 e. The summed E-state index contributed by atoms with van der Waals surface area (Å²) < 4.78 is 0. The van der Waals surface area contributed by atoms with Crippen LogP contribution < -0.4 is 0 Å². The molecule has 0 bridgehead atoms. The van der Waals surface area contributed by atoms with Crippen molar-refractivity contribution in [2.75, 3.05) is 5.33 Å². The predicted octanol–water partition coefficient (Wildman–Crippen LogP) is 4.48. The molecule has 1 nitrogen and oxygen atoms in total. The summed E-state index contributed by atoms with van der Waals surface area (Å²) in [5.74, 6) is 0.538. The van der Waals surface area contributed by atoms with Gasteiger partial charge < -0.3 is 0 Å². The summed E-state index contributed by atoms with van der Waals surface area (Å²) in [4.78, 5) is 5.69. The molecule has 1 aromatic heterocycles. The van der Waals surface area contributed by atoms with Gasteiger partial charge in [-0.2, -0.15) is 0 Å². The summed E-state index contributed by atoms with van der Waals surface area (Å²) in [6.45, 7) is 4.24. The number of aromatic nitrogens is 1. The molecule has 0 aliphatic heterocycles. The van der Waals surface area contributed by atoms with Gasteiger partial charge in [-0.3, -0.25) is 0 Å². The summed E-state index contributed by atoms with van der Waals surface area (Å²) in [6.07, 6.45) is 3.08. The number of halogens is 1. The lowest BCUT2D eigenvalue weighted by Crippen LogP contribution is -2.05. The molecule has 3 heteroatoms. The van der Waals surface area contributed by atoms with E-state index in [9.17, 15) is 0 Å². The third kappa shape index (κ3) is 3.17. The molecular weight excluding hydrogens is 294 g/mol. The fraction of sp³-hybridized carbons (Fsp3) is 0.357. The van der Waals surface area contributed by atoms with Gasteiger partial charge in [0.1, 0.15) is 0 Å². The smallest absolute Gasteiger partial charge is 0.0896 e. The molecule has 1 unspecified atom stereocenters. The minimum absolute atomic E-state index is 0.538. The largest absolute Gasteiger partial charge is 0.250 e. The maximum absolute atomic E-state index is 4.32. The number of alkyl halides is 1. The monoisotopic (exact) mass is 309 g/mol. The zero-order valence-electron chi connectivity index (χ0n) is 10.1. The van der Waals surface area contributed by atoms with Gasteiger partial charge in [0.2, 0.25) is 0 Å². The van der Waals surface area contributed by atoms with Crippen LogP contribution in [0.15, 0.2) is 30.5 Å². The van der Waals surface area contributed by atoms with E-state index in [1.165, 1.54) is 16.0 Å². The van der Waals surface area contributed by atoms with Gasteiger partial charge >= 0.3 is 0 Å². The van der Waals surface area contributed by atoms with E-state index < -0.39 is 0 Å². The Balaban J connectivity index is 2.20. The Kier molecular flexibility index (Phi) is 4.35. The van der Waals surface area contributed by atoms with E-state index in [1.807, 2.05) is 6.20 Å². The molecule has 17 heavy (non-hydrogen) atoms. The van der Waals surface area contributed by atoms with Crippen LogP contribution in [0.4, 0.5) is 0 Å². The van der Waals surface area contributed by atoms with Gasteiger partial charge in [0, 0.05) is 16.4 Å². The van der Waals surface area contributed by atoms with Crippen molar-refractivity contribution in [3.8, 4) is 0 Å². The number of nitrogens with zero attached hydrogens (tertiary/aromatic N) is 1. The van der Waals surface area contributed by atoms with Crippen LogP contribution in [0, 0.1) is 13.8 Å². The summed E-state index contributed by atoms with van der Waals surface area (Å²) >= 11 is 5.44. The van der Waals surface area contributed by atoms with E-state index in [0.29, 0.717) is 5.92 Å². The highest BCUT2D eigenvalue weighted by atomic mass is 79.9. The average Bonchev–Trinajstić information content (AvgIpc) is 2.73. The second kappa shape index (κ2) is 5.78. The molecule has 90 valence electrons. The molecule has 0 N–H and O–H groups in total. The first kappa shape index (κ1) is 12.8. The number of rotatable bonds is 4. The van der Waals surface area contributed by atoms with Crippen molar-refractivity contribution in [2.45, 2.75) is 26.2 Å². The Bertz CT molecular complexity index is 492. The summed E-state index contributed by atoms with van der Waals surface area (Å²) in [7, 11) is 0. The number of thiazole rings is 1. The highest BCUT2D eigenvalue weighted by molar-refractivity contribution is 9.09. The second-order valence-corrected chi connectivity index (χ2v) is 6.22. The van der Waals surface area contributed by atoms with Gasteiger partial charge in [-0.25, -0.2) is 4.98 Å². The molecule has 0 aliphatic carbocycles. The quantitative estimate of drug-likeness (QED) is 0.759. The standard InChI is InChI=1S/C14H16BrNS/c1-10-5-3-4-6-14(10)12(8-15)7-13-9-16-11(2)17-13/h3-6,9,12H,7-8H2,1-2H3. The van der Waals surface area contributed by atoms with Crippen molar-refractivity contribution in [3.63, 3.8) is 0 Å². The number of benzene rings is 1. The normalized spacial score (nSPS) is 12.6. The Hall–Kier alpha value is -0.670. The minimum Gasteiger partial charge on any atom is -0.250 e. The third-order valence-electron chi connectivity index (χ3n) is 2.93. The number of hydrogen-bond donors (Lipinski definition) is 0. The lowest BCUT2D eigenvalue weighted by Gasteiger charge is -2.15.